The summed E-state index contributed by atoms with van der Waals surface area (Å²) in [5, 5.41) is 173. The zero-order chi connectivity index (χ0) is 47.5. The number of carbonyl (C=O) groups excluding carboxylic acids is 2. The van der Waals surface area contributed by atoms with E-state index < -0.39 is 197 Å². The van der Waals surface area contributed by atoms with E-state index in [0.29, 0.717) is 0 Å². The van der Waals surface area contributed by atoms with Crippen LogP contribution in [-0.4, -0.2) is 266 Å². The van der Waals surface area contributed by atoms with Crippen LogP contribution in [-0.2, 0) is 52.3 Å². The molecule has 0 unspecified atom stereocenters. The molecule has 18 N–H and O–H groups in total. The van der Waals surface area contributed by atoms with Crippen LogP contribution in [0, 0.1) is 0 Å². The van der Waals surface area contributed by atoms with Crippen LogP contribution in [0.25, 0.3) is 0 Å². The molecule has 0 aromatic rings. The van der Waals surface area contributed by atoms with Crippen molar-refractivity contribution in [2.45, 2.75) is 161 Å². The van der Waals surface area contributed by atoms with Crippen molar-refractivity contribution in [3.63, 3.8) is 0 Å². The summed E-state index contributed by atoms with van der Waals surface area (Å²) in [6.07, 6.45) is -40.7. The van der Waals surface area contributed by atoms with E-state index >= 15 is 0 Å². The summed E-state index contributed by atoms with van der Waals surface area (Å²) >= 11 is 0. The fourth-order valence-electron chi connectivity index (χ4n) is 7.76. The second-order valence-electron chi connectivity index (χ2n) is 15.5. The Morgan fingerprint density at radius 3 is 1.63 bits per heavy atom. The minimum absolute atomic E-state index is 0.837. The quantitative estimate of drug-likeness (QED) is 0.0607. The van der Waals surface area contributed by atoms with Crippen LogP contribution in [0.3, 0.4) is 0 Å². The maximum Gasteiger partial charge on any atom is 0.364 e. The molecule has 0 spiro atoms. The average Bonchev–Trinajstić information content (AvgIpc) is 3.22. The number of hydrogen-bond acceptors (Lipinski definition) is 25. The van der Waals surface area contributed by atoms with Gasteiger partial charge in [0, 0.05) is 26.7 Å². The summed E-state index contributed by atoms with van der Waals surface area (Å²) in [5.41, 5.74) is 0. The molecule has 4 heterocycles. The lowest BCUT2D eigenvalue weighted by molar-refractivity contribution is -0.387. The minimum Gasteiger partial charge on any atom is -0.477 e. The Kier molecular flexibility index (Phi) is 18.0. The molecule has 0 aromatic carbocycles. The topological polar surface area (TPSA) is 481 Å². The van der Waals surface area contributed by atoms with Crippen LogP contribution >= 0.6 is 0 Å². The molecule has 4 fully saturated rings. The molecule has 0 aliphatic carbocycles. The second-order valence-corrected chi connectivity index (χ2v) is 15.5. The standard InChI is InChI=1S/C34H56N2O27/c1-9(41)35-17-11(43)3-33(31(53)54,61-26(17)19(46)13(45)5-37)60-15(7-39)21(48)27-18(36-10(2)42)12(44)4-34(62-27,32(55)56)63-28-20(47)14(6-38)58-30(24(28)51)59-25-16(8-40)57-29(52)23(50)22(25)49/h11-30,37-40,43-52H,3-8H2,1-2H3,(H,35,41)(H,36,42)(H,53,54)(H,55,56)/t11-,12-,13+,14+,15+,16+,17+,18+,19+,20-,21+,22+,23+,24+,25+,26+,27+,28-,29-,30-,33+,34-/m0/s1. The molecule has 2 amide bonds. The van der Waals surface area contributed by atoms with Gasteiger partial charge in [-0.25, -0.2) is 9.59 Å². The molecule has 0 saturated carbocycles. The monoisotopic (exact) mass is 924 g/mol. The molecule has 29 heteroatoms. The van der Waals surface area contributed by atoms with Crippen LogP contribution in [0.2, 0.25) is 0 Å². The highest BCUT2D eigenvalue weighted by Crippen LogP contribution is 2.40. The smallest absolute Gasteiger partial charge is 0.364 e. The number of carboxylic acid groups (broad SMARTS) is 2. The van der Waals surface area contributed by atoms with Gasteiger partial charge >= 0.3 is 11.9 Å². The number of aliphatic carboxylic acids is 2. The number of hydrogen-bond donors (Lipinski definition) is 18. The van der Waals surface area contributed by atoms with E-state index in [1.54, 1.807) is 0 Å². The van der Waals surface area contributed by atoms with Gasteiger partial charge in [-0.2, -0.15) is 0 Å². The Morgan fingerprint density at radius 2 is 1.16 bits per heavy atom. The molecule has 364 valence electrons. The molecular weight excluding hydrogens is 868 g/mol. The first-order valence-corrected chi connectivity index (χ1v) is 19.4. The Labute approximate surface area is 355 Å². The van der Waals surface area contributed by atoms with E-state index in [1.807, 2.05) is 0 Å². The molecule has 22 atom stereocenters. The highest BCUT2D eigenvalue weighted by Gasteiger charge is 2.62. The van der Waals surface area contributed by atoms with E-state index in [1.165, 1.54) is 0 Å². The molecule has 0 radical (unpaired) electrons. The first kappa shape index (κ1) is 52.7. The van der Waals surface area contributed by atoms with Crippen molar-refractivity contribution in [3.05, 3.63) is 0 Å². The molecule has 29 nitrogen and oxygen atoms in total. The molecular formula is C34H56N2O27. The van der Waals surface area contributed by atoms with E-state index in [9.17, 15) is 101 Å². The third-order valence-electron chi connectivity index (χ3n) is 11.0. The van der Waals surface area contributed by atoms with Gasteiger partial charge in [-0.3, -0.25) is 9.59 Å². The van der Waals surface area contributed by atoms with Gasteiger partial charge in [0.25, 0.3) is 11.6 Å². The summed E-state index contributed by atoms with van der Waals surface area (Å²) < 4.78 is 38.4. The van der Waals surface area contributed by atoms with Gasteiger partial charge in [0.05, 0.1) is 50.7 Å². The lowest BCUT2D eigenvalue weighted by Gasteiger charge is -2.51. The lowest BCUT2D eigenvalue weighted by Crippen LogP contribution is -2.72. The summed E-state index contributed by atoms with van der Waals surface area (Å²) in [5.74, 6) is -12.6. The summed E-state index contributed by atoms with van der Waals surface area (Å²) in [6, 6.07) is -3.57. The zero-order valence-corrected chi connectivity index (χ0v) is 33.4. The van der Waals surface area contributed by atoms with E-state index in [-0.39, 0.29) is 0 Å². The molecule has 4 saturated heterocycles. The number of aliphatic hydroxyl groups excluding tert-OH is 14. The second kappa shape index (κ2) is 21.6. The van der Waals surface area contributed by atoms with Crippen molar-refractivity contribution in [2.24, 2.45) is 0 Å². The van der Waals surface area contributed by atoms with Gasteiger partial charge in [-0.15, -0.1) is 0 Å². The largest absolute Gasteiger partial charge is 0.477 e. The molecule has 63 heavy (non-hydrogen) atoms. The highest BCUT2D eigenvalue weighted by atomic mass is 16.8. The maximum atomic E-state index is 13.1. The number of carboxylic acids is 2. The van der Waals surface area contributed by atoms with Crippen LogP contribution in [0.15, 0.2) is 0 Å². The van der Waals surface area contributed by atoms with Gasteiger partial charge < -0.3 is 125 Å². The van der Waals surface area contributed by atoms with Crippen molar-refractivity contribution in [2.75, 3.05) is 26.4 Å². The number of ether oxygens (including phenoxy) is 7. The average molecular weight is 925 g/mol. The summed E-state index contributed by atoms with van der Waals surface area (Å²) in [4.78, 5) is 50.3. The predicted molar refractivity (Wildman–Crippen MR) is 191 cm³/mol. The van der Waals surface area contributed by atoms with Gasteiger partial charge in [0.2, 0.25) is 11.8 Å². The Balaban J connectivity index is 1.72. The van der Waals surface area contributed by atoms with E-state index in [2.05, 4.69) is 10.6 Å². The van der Waals surface area contributed by atoms with Gasteiger partial charge in [0.1, 0.15) is 85.5 Å². The van der Waals surface area contributed by atoms with Gasteiger partial charge in [-0.1, -0.05) is 0 Å². The van der Waals surface area contributed by atoms with E-state index in [0.717, 1.165) is 13.8 Å². The summed E-state index contributed by atoms with van der Waals surface area (Å²) in [7, 11) is 0. The zero-order valence-electron chi connectivity index (χ0n) is 33.4. The van der Waals surface area contributed by atoms with Gasteiger partial charge in [-0.05, 0) is 0 Å². The predicted octanol–water partition coefficient (Wildman–Crippen LogP) is -11.0. The first-order chi connectivity index (χ1) is 29.4. The summed E-state index contributed by atoms with van der Waals surface area (Å²) in [6.45, 7) is -2.75. The van der Waals surface area contributed by atoms with Crippen molar-refractivity contribution in [1.29, 1.82) is 0 Å². The molecule has 4 rings (SSSR count). The normalized spacial score (nSPS) is 42.9. The maximum absolute atomic E-state index is 13.1. The van der Waals surface area contributed by atoms with Crippen molar-refractivity contribution >= 4 is 23.8 Å². The number of rotatable bonds is 18. The van der Waals surface area contributed by atoms with Crippen molar-refractivity contribution < 1.29 is 134 Å². The fraction of sp³-hybridized carbons (Fsp3) is 0.882. The van der Waals surface area contributed by atoms with Crippen LogP contribution in [0.5, 0.6) is 0 Å². The van der Waals surface area contributed by atoms with Gasteiger partial charge in [0.15, 0.2) is 12.6 Å². The molecule has 4 aliphatic rings. The fourth-order valence-corrected chi connectivity index (χ4v) is 7.76. The molecule has 0 aromatic heterocycles. The van der Waals surface area contributed by atoms with Crippen LogP contribution in [0.1, 0.15) is 26.7 Å². The van der Waals surface area contributed by atoms with Crippen LogP contribution < -0.4 is 10.6 Å². The first-order valence-electron chi connectivity index (χ1n) is 19.4. The highest BCUT2D eigenvalue weighted by molar-refractivity contribution is 5.77. The lowest BCUT2D eigenvalue weighted by atomic mass is 9.87. The number of carbonyl (C=O) groups is 4. The Morgan fingerprint density at radius 1 is 0.651 bits per heavy atom. The Hall–Kier alpha value is -2.96. The third kappa shape index (κ3) is 11.2. The van der Waals surface area contributed by atoms with Crippen molar-refractivity contribution in [3.8, 4) is 0 Å². The number of aliphatic hydroxyl groups is 14. The Bertz CT molecular complexity index is 1560. The molecule has 4 aliphatic heterocycles. The van der Waals surface area contributed by atoms with Crippen molar-refractivity contribution in [1.82, 2.24) is 10.6 Å². The number of nitrogens with one attached hydrogen (secondary N) is 2. The third-order valence-corrected chi connectivity index (χ3v) is 11.0. The SMILES string of the molecule is CC(=O)N[C@H]1[C@H]([C@H](O)[C@H](O)CO)O[C@@](O[C@H](CO)[C@@H](O)[C@@H]2O[C@@](O[C@H]3[C@@H](O)[C@@H](CO)O[C@@H](O[C@H]4[C@H](O)[C@@H](O)[C@@H](O)O[C@@H]4CO)[C@@H]3O)(C(=O)O)C[C@H](O)[C@H]2NC(C)=O)(C(=O)O)C[C@@H]1O. The number of amides is 2. The molecule has 0 bridgehead atoms. The minimum atomic E-state index is -3.33. The van der Waals surface area contributed by atoms with Crippen LogP contribution in [0.4, 0.5) is 0 Å². The van der Waals surface area contributed by atoms with E-state index in [4.69, 9.17) is 33.2 Å².